The SMILES string of the molecule is C[C@@](O)(CNS(=O)(=O)c1cccc(C(F)(F)F)c1)c1ccc2c(c1)OCO2. The molecule has 2 aromatic carbocycles. The fraction of sp³-hybridized carbons (Fsp3) is 0.294. The smallest absolute Gasteiger partial charge is 0.416 e. The van der Waals surface area contributed by atoms with Crippen molar-refractivity contribution >= 4 is 10.0 Å². The van der Waals surface area contributed by atoms with E-state index in [1.165, 1.54) is 13.0 Å². The van der Waals surface area contributed by atoms with Crippen LogP contribution in [0.4, 0.5) is 13.2 Å². The first-order valence-corrected chi connectivity index (χ1v) is 9.27. The maximum Gasteiger partial charge on any atom is 0.416 e. The van der Waals surface area contributed by atoms with Crippen LogP contribution >= 0.6 is 0 Å². The summed E-state index contributed by atoms with van der Waals surface area (Å²) < 4.78 is 75.6. The number of benzene rings is 2. The van der Waals surface area contributed by atoms with Crippen LogP contribution in [0.15, 0.2) is 47.4 Å². The molecule has 0 fully saturated rings. The first-order chi connectivity index (χ1) is 12.5. The van der Waals surface area contributed by atoms with Crippen LogP contribution in [-0.4, -0.2) is 26.9 Å². The molecule has 6 nitrogen and oxygen atoms in total. The van der Waals surface area contributed by atoms with E-state index in [1.54, 1.807) is 12.1 Å². The van der Waals surface area contributed by atoms with Gasteiger partial charge in [-0.2, -0.15) is 13.2 Å². The van der Waals surface area contributed by atoms with Crippen LogP contribution in [0.2, 0.25) is 0 Å². The van der Waals surface area contributed by atoms with Crippen LogP contribution in [-0.2, 0) is 21.8 Å². The van der Waals surface area contributed by atoms with Crippen molar-refractivity contribution in [1.82, 2.24) is 4.72 Å². The molecule has 3 rings (SSSR count). The zero-order valence-electron chi connectivity index (χ0n) is 14.1. The van der Waals surface area contributed by atoms with E-state index in [9.17, 15) is 26.7 Å². The number of ether oxygens (including phenoxy) is 2. The second-order valence-electron chi connectivity index (χ2n) is 6.19. The molecule has 1 heterocycles. The summed E-state index contributed by atoms with van der Waals surface area (Å²) in [5.74, 6) is 0.910. The van der Waals surface area contributed by atoms with Crippen molar-refractivity contribution in [3.05, 3.63) is 53.6 Å². The van der Waals surface area contributed by atoms with E-state index in [2.05, 4.69) is 4.72 Å². The van der Waals surface area contributed by atoms with Gasteiger partial charge in [0.2, 0.25) is 16.8 Å². The van der Waals surface area contributed by atoms with Gasteiger partial charge in [0.25, 0.3) is 0 Å². The Labute approximate surface area is 153 Å². The highest BCUT2D eigenvalue weighted by atomic mass is 32.2. The lowest BCUT2D eigenvalue weighted by molar-refractivity contribution is -0.137. The number of nitrogens with one attached hydrogen (secondary N) is 1. The summed E-state index contributed by atoms with van der Waals surface area (Å²) in [6, 6.07) is 8.01. The van der Waals surface area contributed by atoms with Crippen molar-refractivity contribution in [2.45, 2.75) is 23.6 Å². The minimum absolute atomic E-state index is 0.0447. The number of alkyl halides is 3. The normalized spacial score (nSPS) is 16.2. The van der Waals surface area contributed by atoms with Crippen LogP contribution in [0.25, 0.3) is 0 Å². The van der Waals surface area contributed by atoms with Crippen molar-refractivity contribution < 1.29 is 36.2 Å². The minimum Gasteiger partial charge on any atom is -0.454 e. The van der Waals surface area contributed by atoms with E-state index in [-0.39, 0.29) is 6.79 Å². The van der Waals surface area contributed by atoms with Gasteiger partial charge >= 0.3 is 6.18 Å². The molecule has 0 unspecified atom stereocenters. The number of sulfonamides is 1. The number of halogens is 3. The topological polar surface area (TPSA) is 84.9 Å². The predicted molar refractivity (Wildman–Crippen MR) is 88.8 cm³/mol. The molecule has 0 amide bonds. The highest BCUT2D eigenvalue weighted by Crippen LogP contribution is 2.36. The molecule has 1 atom stereocenters. The molecule has 0 aromatic heterocycles. The average Bonchev–Trinajstić information content (AvgIpc) is 3.07. The Bertz CT molecular complexity index is 957. The third kappa shape index (κ3) is 4.18. The average molecular weight is 403 g/mol. The van der Waals surface area contributed by atoms with Crippen molar-refractivity contribution in [3.63, 3.8) is 0 Å². The van der Waals surface area contributed by atoms with Crippen molar-refractivity contribution in [1.29, 1.82) is 0 Å². The van der Waals surface area contributed by atoms with Crippen LogP contribution in [0.5, 0.6) is 11.5 Å². The Morgan fingerprint density at radius 3 is 2.48 bits per heavy atom. The summed E-state index contributed by atoms with van der Waals surface area (Å²) in [4.78, 5) is -0.543. The van der Waals surface area contributed by atoms with Crippen LogP contribution in [0, 0.1) is 0 Å². The third-order valence-electron chi connectivity index (χ3n) is 4.07. The highest BCUT2D eigenvalue weighted by Gasteiger charge is 2.32. The van der Waals surface area contributed by atoms with Gasteiger partial charge in [-0.05, 0) is 42.8 Å². The maximum atomic E-state index is 12.8. The first kappa shape index (κ1) is 19.5. The number of hydrogen-bond donors (Lipinski definition) is 2. The highest BCUT2D eigenvalue weighted by molar-refractivity contribution is 7.89. The largest absolute Gasteiger partial charge is 0.454 e. The summed E-state index contributed by atoms with van der Waals surface area (Å²) in [7, 11) is -4.26. The molecule has 27 heavy (non-hydrogen) atoms. The lowest BCUT2D eigenvalue weighted by Crippen LogP contribution is -2.38. The van der Waals surface area contributed by atoms with Crippen molar-refractivity contribution in [3.8, 4) is 11.5 Å². The Hall–Kier alpha value is -2.30. The second kappa shape index (κ2) is 6.70. The van der Waals surface area contributed by atoms with Gasteiger partial charge in [0, 0.05) is 6.54 Å². The van der Waals surface area contributed by atoms with Crippen molar-refractivity contribution in [2.24, 2.45) is 0 Å². The first-order valence-electron chi connectivity index (χ1n) is 7.78. The molecule has 0 aliphatic carbocycles. The standard InChI is InChI=1S/C17H16F3NO5S/c1-16(22,11-5-6-14-15(8-11)26-10-25-14)9-21-27(23,24)13-4-2-3-12(7-13)17(18,19)20/h2-8,21-22H,9-10H2,1H3/t16-/m1/s1. The predicted octanol–water partition coefficient (Wildman–Crippen LogP) is 2.62. The molecule has 2 aromatic rings. The molecule has 0 spiro atoms. The molecule has 146 valence electrons. The molecule has 10 heteroatoms. The molecule has 1 aliphatic rings. The number of fused-ring (bicyclic) bond motifs is 1. The molecular weight excluding hydrogens is 387 g/mol. The monoisotopic (exact) mass is 403 g/mol. The zero-order chi connectivity index (χ0) is 19.9. The molecule has 2 N–H and O–H groups in total. The van der Waals surface area contributed by atoms with Gasteiger partial charge in [-0.25, -0.2) is 13.1 Å². The number of aliphatic hydroxyl groups is 1. The number of rotatable bonds is 5. The molecule has 0 bridgehead atoms. The summed E-state index contributed by atoms with van der Waals surface area (Å²) >= 11 is 0. The van der Waals surface area contributed by atoms with Gasteiger partial charge in [0.1, 0.15) is 5.60 Å². The Morgan fingerprint density at radius 1 is 1.07 bits per heavy atom. The quantitative estimate of drug-likeness (QED) is 0.802. The van der Waals surface area contributed by atoms with Crippen LogP contribution < -0.4 is 14.2 Å². The number of hydrogen-bond acceptors (Lipinski definition) is 5. The Balaban J connectivity index is 1.78. The van der Waals surface area contributed by atoms with Gasteiger partial charge < -0.3 is 14.6 Å². The molecule has 0 saturated carbocycles. The van der Waals surface area contributed by atoms with Crippen LogP contribution in [0.1, 0.15) is 18.1 Å². The van der Waals surface area contributed by atoms with Crippen LogP contribution in [0.3, 0.4) is 0 Å². The van der Waals surface area contributed by atoms with E-state index in [4.69, 9.17) is 9.47 Å². The summed E-state index contributed by atoms with van der Waals surface area (Å²) in [5, 5.41) is 10.6. The van der Waals surface area contributed by atoms with Gasteiger partial charge in [-0.1, -0.05) is 12.1 Å². The van der Waals surface area contributed by atoms with Gasteiger partial charge in [0.15, 0.2) is 11.5 Å². The maximum absolute atomic E-state index is 12.8. The fourth-order valence-corrected chi connectivity index (χ4v) is 3.67. The summed E-state index contributed by atoms with van der Waals surface area (Å²) in [6.07, 6.45) is -4.66. The van der Waals surface area contributed by atoms with E-state index in [0.717, 1.165) is 18.2 Å². The van der Waals surface area contributed by atoms with E-state index in [1.807, 2.05) is 0 Å². The lowest BCUT2D eigenvalue weighted by Gasteiger charge is -2.24. The molecular formula is C17H16F3NO5S. The lowest BCUT2D eigenvalue weighted by atomic mass is 9.96. The van der Waals surface area contributed by atoms with Gasteiger partial charge in [0.05, 0.1) is 10.5 Å². The van der Waals surface area contributed by atoms with Crippen molar-refractivity contribution in [2.75, 3.05) is 13.3 Å². The minimum atomic E-state index is -4.66. The van der Waals surface area contributed by atoms with E-state index in [0.29, 0.717) is 23.1 Å². The summed E-state index contributed by atoms with van der Waals surface area (Å²) in [5.41, 5.74) is -2.35. The summed E-state index contributed by atoms with van der Waals surface area (Å²) in [6.45, 7) is 0.966. The van der Waals surface area contributed by atoms with Gasteiger partial charge in [-0.3, -0.25) is 0 Å². The van der Waals surface area contributed by atoms with E-state index < -0.39 is 38.8 Å². The van der Waals surface area contributed by atoms with E-state index >= 15 is 0 Å². The molecule has 0 radical (unpaired) electrons. The second-order valence-corrected chi connectivity index (χ2v) is 7.96. The Morgan fingerprint density at radius 2 is 1.78 bits per heavy atom. The molecule has 0 saturated heterocycles. The van der Waals surface area contributed by atoms with Gasteiger partial charge in [-0.15, -0.1) is 0 Å². The Kier molecular flexibility index (Phi) is 4.83. The molecule has 1 aliphatic heterocycles. The fourth-order valence-electron chi connectivity index (χ4n) is 2.49. The zero-order valence-corrected chi connectivity index (χ0v) is 14.9. The third-order valence-corrected chi connectivity index (χ3v) is 5.47.